The van der Waals surface area contributed by atoms with Gasteiger partial charge in [0.05, 0.1) is 15.6 Å². The van der Waals surface area contributed by atoms with E-state index < -0.39 is 29.6 Å². The smallest absolute Gasteiger partial charge is 0.348 e. The van der Waals surface area contributed by atoms with Crippen LogP contribution in [0.5, 0.6) is 0 Å². The van der Waals surface area contributed by atoms with E-state index >= 15 is 0 Å². The summed E-state index contributed by atoms with van der Waals surface area (Å²) in [5.41, 5.74) is -0.0272. The number of alkyl halides is 3. The van der Waals surface area contributed by atoms with E-state index in [2.05, 4.69) is 15.7 Å². The van der Waals surface area contributed by atoms with Crippen LogP contribution in [-0.2, 0) is 17.5 Å². The summed E-state index contributed by atoms with van der Waals surface area (Å²) in [5.74, 6) is -1.04. The molecular weight excluding hydrogens is 483 g/mol. The molecule has 33 heavy (non-hydrogen) atoms. The molecule has 11 heteroatoms. The van der Waals surface area contributed by atoms with Crippen LogP contribution < -0.4 is 10.6 Å². The van der Waals surface area contributed by atoms with Crippen molar-refractivity contribution in [1.29, 1.82) is 0 Å². The molecule has 0 fully saturated rings. The molecule has 2 aromatic carbocycles. The number of nitrogens with one attached hydrogen (secondary N) is 2. The molecular formula is C22H16Cl2F4N4O. The summed E-state index contributed by atoms with van der Waals surface area (Å²) in [6.07, 6.45) is -4.69. The molecule has 1 aromatic heterocycles. The van der Waals surface area contributed by atoms with Crippen LogP contribution in [0, 0.1) is 5.82 Å². The molecule has 172 valence electrons. The number of carbonyl (C=O) groups is 1. The maximum atomic E-state index is 14.0. The topological polar surface area (TPSA) is 59.0 Å². The van der Waals surface area contributed by atoms with E-state index in [0.29, 0.717) is 11.3 Å². The highest BCUT2D eigenvalue weighted by atomic mass is 35.5. The summed E-state index contributed by atoms with van der Waals surface area (Å²) in [7, 11) is 0. The van der Waals surface area contributed by atoms with Crippen LogP contribution >= 0.6 is 23.2 Å². The van der Waals surface area contributed by atoms with Gasteiger partial charge in [-0.2, -0.15) is 18.3 Å². The Balaban J connectivity index is 1.76. The molecule has 4 rings (SSSR count). The van der Waals surface area contributed by atoms with Gasteiger partial charge in [-0.05, 0) is 30.7 Å². The zero-order valence-corrected chi connectivity index (χ0v) is 18.5. The van der Waals surface area contributed by atoms with E-state index in [1.807, 2.05) is 0 Å². The van der Waals surface area contributed by atoms with Crippen molar-refractivity contribution in [2.75, 3.05) is 5.32 Å². The van der Waals surface area contributed by atoms with Gasteiger partial charge in [-0.25, -0.2) is 9.07 Å². The van der Waals surface area contributed by atoms with Crippen LogP contribution in [0.1, 0.15) is 29.8 Å². The highest BCUT2D eigenvalue weighted by Crippen LogP contribution is 2.40. The molecule has 1 unspecified atom stereocenters. The lowest BCUT2D eigenvalue weighted by molar-refractivity contribution is -0.141. The Bertz CT molecular complexity index is 1270. The summed E-state index contributed by atoms with van der Waals surface area (Å²) in [4.78, 5) is 13.2. The number of amides is 1. The lowest BCUT2D eigenvalue weighted by atomic mass is 9.94. The Morgan fingerprint density at radius 3 is 2.55 bits per heavy atom. The van der Waals surface area contributed by atoms with Gasteiger partial charge >= 0.3 is 6.18 Å². The molecule has 0 bridgehead atoms. The minimum Gasteiger partial charge on any atom is -0.348 e. The Morgan fingerprint density at radius 2 is 1.88 bits per heavy atom. The fraction of sp³-hybridized carbons (Fsp3) is 0.182. The van der Waals surface area contributed by atoms with Crippen molar-refractivity contribution >= 4 is 34.9 Å². The van der Waals surface area contributed by atoms with Crippen LogP contribution in [0.3, 0.4) is 0 Å². The van der Waals surface area contributed by atoms with Crippen molar-refractivity contribution in [3.63, 3.8) is 0 Å². The number of hydrogen-bond donors (Lipinski definition) is 2. The third-order valence-corrected chi connectivity index (χ3v) is 5.90. The first-order chi connectivity index (χ1) is 15.6. The number of fused-ring (bicyclic) bond motifs is 1. The summed E-state index contributed by atoms with van der Waals surface area (Å²) in [6.45, 7) is 1.45. The van der Waals surface area contributed by atoms with Crippen LogP contribution in [0.4, 0.5) is 23.4 Å². The summed E-state index contributed by atoms with van der Waals surface area (Å²) < 4.78 is 55.1. The third kappa shape index (κ3) is 4.56. The largest absolute Gasteiger partial charge is 0.435 e. The molecule has 2 N–H and O–H groups in total. The predicted octanol–water partition coefficient (Wildman–Crippen LogP) is 5.95. The van der Waals surface area contributed by atoms with Crippen LogP contribution in [0.15, 0.2) is 59.8 Å². The number of nitrogens with zero attached hydrogens (tertiary/aromatic N) is 2. The molecule has 3 aromatic rings. The van der Waals surface area contributed by atoms with E-state index in [-0.39, 0.29) is 33.5 Å². The SMILES string of the molecule is CC1=C(C(=O)NCc2ccccc2F)C(c2ccc(Cl)c(Cl)c2)n2nc(C(F)(F)F)cc2N1. The average Bonchev–Trinajstić information content (AvgIpc) is 3.18. The first-order valence-corrected chi connectivity index (χ1v) is 10.4. The zero-order valence-electron chi connectivity index (χ0n) is 17.0. The van der Waals surface area contributed by atoms with E-state index in [0.717, 1.165) is 10.7 Å². The number of benzene rings is 2. The van der Waals surface area contributed by atoms with Gasteiger partial charge in [0.2, 0.25) is 0 Å². The van der Waals surface area contributed by atoms with Crippen molar-refractivity contribution in [2.24, 2.45) is 0 Å². The minimum atomic E-state index is -4.69. The fourth-order valence-electron chi connectivity index (χ4n) is 3.61. The molecule has 0 spiro atoms. The summed E-state index contributed by atoms with van der Waals surface area (Å²) >= 11 is 12.1. The number of rotatable bonds is 4. The van der Waals surface area contributed by atoms with Gasteiger partial charge in [0.25, 0.3) is 5.91 Å². The monoisotopic (exact) mass is 498 g/mol. The maximum Gasteiger partial charge on any atom is 0.435 e. The molecule has 2 heterocycles. The van der Waals surface area contributed by atoms with E-state index in [1.165, 1.54) is 30.3 Å². The van der Waals surface area contributed by atoms with Gasteiger partial charge in [0, 0.05) is 23.9 Å². The van der Waals surface area contributed by atoms with Crippen LogP contribution in [-0.4, -0.2) is 15.7 Å². The van der Waals surface area contributed by atoms with Crippen LogP contribution in [0.2, 0.25) is 10.0 Å². The van der Waals surface area contributed by atoms with E-state index in [9.17, 15) is 22.4 Å². The molecule has 0 aliphatic carbocycles. The predicted molar refractivity (Wildman–Crippen MR) is 116 cm³/mol. The second-order valence-corrected chi connectivity index (χ2v) is 8.19. The van der Waals surface area contributed by atoms with E-state index in [1.54, 1.807) is 19.1 Å². The molecule has 0 saturated heterocycles. The number of halogens is 6. The number of anilines is 1. The molecule has 1 aliphatic rings. The van der Waals surface area contributed by atoms with Crippen molar-refractivity contribution in [1.82, 2.24) is 15.1 Å². The Morgan fingerprint density at radius 1 is 1.15 bits per heavy atom. The second-order valence-electron chi connectivity index (χ2n) is 7.37. The summed E-state index contributed by atoms with van der Waals surface area (Å²) in [5, 5.41) is 9.56. The standard InChI is InChI=1S/C22H16Cl2F4N4O/c1-11-19(21(33)29-10-13-4-2-3-5-16(13)25)20(12-6-7-14(23)15(24)8-12)32-18(30-11)9-17(31-32)22(26,27)28/h2-9,20,30H,10H2,1H3,(H,29,33). The highest BCUT2D eigenvalue weighted by molar-refractivity contribution is 6.42. The zero-order chi connectivity index (χ0) is 23.9. The van der Waals surface area contributed by atoms with Gasteiger partial charge in [0.15, 0.2) is 5.69 Å². The molecule has 5 nitrogen and oxygen atoms in total. The van der Waals surface area contributed by atoms with E-state index in [4.69, 9.17) is 23.2 Å². The lowest BCUT2D eigenvalue weighted by Crippen LogP contribution is -2.35. The minimum absolute atomic E-state index is 0.0570. The summed E-state index contributed by atoms with van der Waals surface area (Å²) in [6, 6.07) is 10.3. The van der Waals surface area contributed by atoms with Gasteiger partial charge in [0.1, 0.15) is 17.7 Å². The number of aromatic nitrogens is 2. The van der Waals surface area contributed by atoms with Gasteiger partial charge in [-0.3, -0.25) is 4.79 Å². The van der Waals surface area contributed by atoms with Crippen molar-refractivity contribution in [3.8, 4) is 0 Å². The fourth-order valence-corrected chi connectivity index (χ4v) is 3.91. The van der Waals surface area contributed by atoms with Gasteiger partial charge < -0.3 is 10.6 Å². The first-order valence-electron chi connectivity index (χ1n) is 9.67. The quantitative estimate of drug-likeness (QED) is 0.436. The molecule has 0 saturated carbocycles. The Hall–Kier alpha value is -3.04. The molecule has 1 aliphatic heterocycles. The Labute approximate surface area is 196 Å². The van der Waals surface area contributed by atoms with Crippen LogP contribution in [0.25, 0.3) is 0 Å². The van der Waals surface area contributed by atoms with Gasteiger partial charge in [-0.15, -0.1) is 0 Å². The average molecular weight is 499 g/mol. The first kappa shape index (κ1) is 23.1. The third-order valence-electron chi connectivity index (χ3n) is 5.17. The van der Waals surface area contributed by atoms with Crippen molar-refractivity contribution < 1.29 is 22.4 Å². The van der Waals surface area contributed by atoms with Crippen molar-refractivity contribution in [3.05, 3.63) is 92.5 Å². The Kier molecular flexibility index (Phi) is 6.11. The maximum absolute atomic E-state index is 14.0. The number of hydrogen-bond acceptors (Lipinski definition) is 3. The molecule has 1 atom stereocenters. The van der Waals surface area contributed by atoms with Gasteiger partial charge in [-0.1, -0.05) is 47.5 Å². The molecule has 1 amide bonds. The second kappa shape index (κ2) is 8.72. The number of carbonyl (C=O) groups excluding carboxylic acids is 1. The van der Waals surface area contributed by atoms with Crippen molar-refractivity contribution in [2.45, 2.75) is 25.7 Å². The normalized spacial score (nSPS) is 15.8. The number of allylic oxidation sites excluding steroid dienone is 1. The highest BCUT2D eigenvalue weighted by Gasteiger charge is 2.39. The lowest BCUT2D eigenvalue weighted by Gasteiger charge is -2.30. The molecule has 0 radical (unpaired) electrons.